The molecule has 0 saturated heterocycles. The van der Waals surface area contributed by atoms with E-state index in [9.17, 15) is 4.79 Å². The summed E-state index contributed by atoms with van der Waals surface area (Å²) in [5, 5.41) is 2.91. The average molecular weight is 184 g/mol. The lowest BCUT2D eigenvalue weighted by Crippen LogP contribution is -2.43. The Balaban J connectivity index is 2.24. The second-order valence-corrected chi connectivity index (χ2v) is 5.00. The van der Waals surface area contributed by atoms with Crippen molar-refractivity contribution in [3.8, 4) is 0 Å². The molecule has 3 nitrogen and oxygen atoms in total. The monoisotopic (exact) mass is 184 g/mol. The molecule has 0 aromatic heterocycles. The van der Waals surface area contributed by atoms with Crippen molar-refractivity contribution in [3.05, 3.63) is 0 Å². The smallest absolute Gasteiger partial charge is 0.221 e. The topological polar surface area (TPSA) is 55.1 Å². The van der Waals surface area contributed by atoms with Gasteiger partial charge in [-0.05, 0) is 39.5 Å². The van der Waals surface area contributed by atoms with Crippen LogP contribution in [0.4, 0.5) is 0 Å². The zero-order valence-electron chi connectivity index (χ0n) is 8.76. The molecule has 0 aromatic carbocycles. The molecule has 0 aromatic rings. The third-order valence-electron chi connectivity index (χ3n) is 2.16. The summed E-state index contributed by atoms with van der Waals surface area (Å²) < 4.78 is 0. The molecule has 0 aliphatic heterocycles. The number of hydrogen-bond donors (Lipinski definition) is 2. The van der Waals surface area contributed by atoms with Crippen LogP contribution >= 0.6 is 0 Å². The zero-order valence-corrected chi connectivity index (χ0v) is 8.76. The molecule has 1 rings (SSSR count). The van der Waals surface area contributed by atoms with Crippen LogP contribution in [0.3, 0.4) is 0 Å². The number of nitrogens with two attached hydrogens (primary N) is 1. The maximum absolute atomic E-state index is 11.4. The van der Waals surface area contributed by atoms with Gasteiger partial charge in [-0.15, -0.1) is 0 Å². The minimum absolute atomic E-state index is 0.0716. The molecule has 0 spiro atoms. The van der Waals surface area contributed by atoms with Gasteiger partial charge in [0.05, 0.1) is 0 Å². The van der Waals surface area contributed by atoms with Gasteiger partial charge in [0, 0.05) is 18.0 Å². The molecule has 1 amide bonds. The van der Waals surface area contributed by atoms with E-state index in [2.05, 4.69) is 5.32 Å². The number of rotatable bonds is 3. The minimum atomic E-state index is -0.139. The third-order valence-corrected chi connectivity index (χ3v) is 2.16. The number of hydrogen-bond acceptors (Lipinski definition) is 2. The summed E-state index contributed by atoms with van der Waals surface area (Å²) in [4.78, 5) is 11.4. The van der Waals surface area contributed by atoms with Gasteiger partial charge in [-0.3, -0.25) is 4.79 Å². The highest BCUT2D eigenvalue weighted by Gasteiger charge is 2.30. The molecule has 3 heteroatoms. The predicted molar refractivity (Wildman–Crippen MR) is 53.2 cm³/mol. The molecule has 1 aliphatic rings. The molecule has 1 aliphatic carbocycles. The second kappa shape index (κ2) is 3.66. The van der Waals surface area contributed by atoms with Crippen LogP contribution in [0, 0.1) is 5.92 Å². The third kappa shape index (κ3) is 4.27. The Morgan fingerprint density at radius 3 is 2.46 bits per heavy atom. The average Bonchev–Trinajstić information content (AvgIpc) is 2.60. The van der Waals surface area contributed by atoms with E-state index in [4.69, 9.17) is 5.73 Å². The Morgan fingerprint density at radius 2 is 2.08 bits per heavy atom. The van der Waals surface area contributed by atoms with E-state index in [0.29, 0.717) is 12.3 Å². The molecule has 13 heavy (non-hydrogen) atoms. The van der Waals surface area contributed by atoms with Crippen LogP contribution in [-0.2, 0) is 4.79 Å². The lowest BCUT2D eigenvalue weighted by atomic mass is 10.1. The van der Waals surface area contributed by atoms with Gasteiger partial charge in [0.2, 0.25) is 5.91 Å². The fraction of sp³-hybridized carbons (Fsp3) is 0.900. The number of carbonyl (C=O) groups excluding carboxylic acids is 1. The first-order valence-electron chi connectivity index (χ1n) is 4.95. The van der Waals surface area contributed by atoms with Crippen LogP contribution in [0.1, 0.15) is 40.0 Å². The molecule has 0 radical (unpaired) electrons. The van der Waals surface area contributed by atoms with Crippen molar-refractivity contribution in [2.24, 2.45) is 11.7 Å². The van der Waals surface area contributed by atoms with Crippen LogP contribution in [0.5, 0.6) is 0 Å². The van der Waals surface area contributed by atoms with Gasteiger partial charge in [-0.25, -0.2) is 0 Å². The fourth-order valence-corrected chi connectivity index (χ4v) is 1.37. The summed E-state index contributed by atoms with van der Waals surface area (Å²) in [6, 6.07) is 0.0716. The predicted octanol–water partition coefficient (Wildman–Crippen LogP) is 1.03. The molecule has 76 valence electrons. The minimum Gasteiger partial charge on any atom is -0.351 e. The van der Waals surface area contributed by atoms with Crippen LogP contribution in [0.2, 0.25) is 0 Å². The number of nitrogens with one attached hydrogen (secondary N) is 1. The first kappa shape index (κ1) is 10.5. The molecule has 1 unspecified atom stereocenters. The van der Waals surface area contributed by atoms with Crippen molar-refractivity contribution in [2.75, 3.05) is 0 Å². The van der Waals surface area contributed by atoms with Crippen molar-refractivity contribution in [2.45, 2.75) is 51.6 Å². The standard InChI is InChI=1S/C10H20N2O/c1-10(2,3)12-9(13)6-8(11)7-4-5-7/h7-8H,4-6,11H2,1-3H3,(H,12,13). The largest absolute Gasteiger partial charge is 0.351 e. The molecule has 3 N–H and O–H groups in total. The van der Waals surface area contributed by atoms with Gasteiger partial charge < -0.3 is 11.1 Å². The van der Waals surface area contributed by atoms with Crippen molar-refractivity contribution >= 4 is 5.91 Å². The van der Waals surface area contributed by atoms with E-state index in [1.54, 1.807) is 0 Å². The van der Waals surface area contributed by atoms with Crippen LogP contribution in [0.25, 0.3) is 0 Å². The molecule has 0 heterocycles. The summed E-state index contributed by atoms with van der Waals surface area (Å²) in [7, 11) is 0. The van der Waals surface area contributed by atoms with Gasteiger partial charge >= 0.3 is 0 Å². The van der Waals surface area contributed by atoms with Crippen LogP contribution < -0.4 is 11.1 Å². The van der Waals surface area contributed by atoms with Gasteiger partial charge in [-0.1, -0.05) is 0 Å². The van der Waals surface area contributed by atoms with E-state index >= 15 is 0 Å². The molecular formula is C10H20N2O. The molecule has 1 saturated carbocycles. The Kier molecular flexibility index (Phi) is 2.96. The summed E-state index contributed by atoms with van der Waals surface area (Å²) in [6.45, 7) is 5.94. The lowest BCUT2D eigenvalue weighted by Gasteiger charge is -2.21. The molecule has 1 fully saturated rings. The number of amides is 1. The first-order valence-corrected chi connectivity index (χ1v) is 4.95. The van der Waals surface area contributed by atoms with E-state index in [1.807, 2.05) is 20.8 Å². The van der Waals surface area contributed by atoms with E-state index in [-0.39, 0.29) is 17.5 Å². The Bertz CT molecular complexity index is 192. The highest BCUT2D eigenvalue weighted by Crippen LogP contribution is 2.32. The van der Waals surface area contributed by atoms with Gasteiger partial charge in [-0.2, -0.15) is 0 Å². The second-order valence-electron chi connectivity index (χ2n) is 5.00. The van der Waals surface area contributed by atoms with E-state index in [0.717, 1.165) is 0 Å². The fourth-order valence-electron chi connectivity index (χ4n) is 1.37. The molecule has 0 bridgehead atoms. The van der Waals surface area contributed by atoms with Gasteiger partial charge in [0.25, 0.3) is 0 Å². The Labute approximate surface area is 80.1 Å². The normalized spacial score (nSPS) is 19.7. The van der Waals surface area contributed by atoms with E-state index < -0.39 is 0 Å². The SMILES string of the molecule is CC(C)(C)NC(=O)CC(N)C1CC1. The van der Waals surface area contributed by atoms with Gasteiger partial charge in [0.15, 0.2) is 0 Å². The quantitative estimate of drug-likeness (QED) is 0.688. The highest BCUT2D eigenvalue weighted by molar-refractivity contribution is 5.77. The Morgan fingerprint density at radius 1 is 1.54 bits per heavy atom. The summed E-state index contributed by atoms with van der Waals surface area (Å²) in [5.74, 6) is 0.678. The molecule has 1 atom stereocenters. The van der Waals surface area contributed by atoms with Gasteiger partial charge in [0.1, 0.15) is 0 Å². The Hall–Kier alpha value is -0.570. The first-order chi connectivity index (χ1) is 5.88. The highest BCUT2D eigenvalue weighted by atomic mass is 16.1. The van der Waals surface area contributed by atoms with Crippen LogP contribution in [-0.4, -0.2) is 17.5 Å². The summed E-state index contributed by atoms with van der Waals surface area (Å²) in [6.07, 6.45) is 2.87. The van der Waals surface area contributed by atoms with Crippen molar-refractivity contribution in [1.29, 1.82) is 0 Å². The lowest BCUT2D eigenvalue weighted by molar-refractivity contribution is -0.122. The maximum Gasteiger partial charge on any atom is 0.221 e. The van der Waals surface area contributed by atoms with Crippen LogP contribution in [0.15, 0.2) is 0 Å². The maximum atomic E-state index is 11.4. The van der Waals surface area contributed by atoms with Crippen molar-refractivity contribution in [3.63, 3.8) is 0 Å². The summed E-state index contributed by atoms with van der Waals surface area (Å²) >= 11 is 0. The van der Waals surface area contributed by atoms with Crippen molar-refractivity contribution < 1.29 is 4.79 Å². The number of carbonyl (C=O) groups is 1. The molecular weight excluding hydrogens is 164 g/mol. The zero-order chi connectivity index (χ0) is 10.1. The van der Waals surface area contributed by atoms with Crippen molar-refractivity contribution in [1.82, 2.24) is 5.32 Å². The summed E-state index contributed by atoms with van der Waals surface area (Å²) in [5.41, 5.74) is 5.70. The van der Waals surface area contributed by atoms with E-state index in [1.165, 1.54) is 12.8 Å².